The van der Waals surface area contributed by atoms with E-state index in [1.165, 1.54) is 17.2 Å². The van der Waals surface area contributed by atoms with Crippen LogP contribution in [-0.2, 0) is 9.59 Å². The third kappa shape index (κ3) is 5.29. The maximum atomic E-state index is 12.2. The van der Waals surface area contributed by atoms with Crippen LogP contribution in [0.4, 0.5) is 0 Å². The first-order chi connectivity index (χ1) is 9.71. The van der Waals surface area contributed by atoms with Gasteiger partial charge >= 0.3 is 5.97 Å². The van der Waals surface area contributed by atoms with Gasteiger partial charge in [0.15, 0.2) is 5.76 Å². The van der Waals surface area contributed by atoms with E-state index in [4.69, 9.17) is 9.52 Å². The molecule has 116 valence electrons. The first-order valence-corrected chi connectivity index (χ1v) is 6.56. The van der Waals surface area contributed by atoms with E-state index in [1.807, 2.05) is 0 Å². The minimum Gasteiger partial charge on any atom is -0.481 e. The Morgan fingerprint density at radius 1 is 1.33 bits per heavy atom. The molecular weight excluding hydrogens is 276 g/mol. The Kier molecular flexibility index (Phi) is 5.52. The Morgan fingerprint density at radius 3 is 2.48 bits per heavy atom. The van der Waals surface area contributed by atoms with E-state index < -0.39 is 17.4 Å². The zero-order chi connectivity index (χ0) is 16.0. The lowest BCUT2D eigenvalue weighted by atomic mass is 10.1. The van der Waals surface area contributed by atoms with E-state index >= 15 is 0 Å². The number of nitrogens with zero attached hydrogens (tertiary/aromatic N) is 1. The van der Waals surface area contributed by atoms with Crippen LogP contribution in [0, 0.1) is 0 Å². The van der Waals surface area contributed by atoms with Gasteiger partial charge in [0, 0.05) is 12.1 Å². The lowest BCUT2D eigenvalue weighted by molar-refractivity contribution is -0.140. The highest BCUT2D eigenvalue weighted by molar-refractivity contribution is 5.94. The molecule has 0 radical (unpaired) electrons. The molecule has 1 heterocycles. The maximum Gasteiger partial charge on any atom is 0.305 e. The Hall–Kier alpha value is -2.31. The predicted octanol–water partition coefficient (Wildman–Crippen LogP) is 1.11. The average molecular weight is 296 g/mol. The highest BCUT2D eigenvalue weighted by Crippen LogP contribution is 2.14. The molecule has 0 saturated carbocycles. The van der Waals surface area contributed by atoms with Gasteiger partial charge in [0.2, 0.25) is 5.91 Å². The molecule has 0 aliphatic heterocycles. The van der Waals surface area contributed by atoms with Crippen molar-refractivity contribution < 1.29 is 23.9 Å². The number of nitrogens with one attached hydrogen (secondary N) is 1. The Bertz CT molecular complexity index is 502. The molecule has 1 rings (SSSR count). The smallest absolute Gasteiger partial charge is 0.305 e. The molecule has 21 heavy (non-hydrogen) atoms. The molecule has 0 aliphatic rings. The quantitative estimate of drug-likeness (QED) is 0.819. The molecule has 0 bridgehead atoms. The Labute approximate surface area is 122 Å². The van der Waals surface area contributed by atoms with Crippen molar-refractivity contribution in [3.63, 3.8) is 0 Å². The molecule has 2 amide bonds. The molecule has 1 aromatic heterocycles. The lowest BCUT2D eigenvalue weighted by Gasteiger charge is -2.35. The fourth-order valence-corrected chi connectivity index (χ4v) is 1.79. The van der Waals surface area contributed by atoms with Crippen LogP contribution in [0.1, 0.15) is 37.7 Å². The zero-order valence-corrected chi connectivity index (χ0v) is 12.4. The molecule has 2 N–H and O–H groups in total. The van der Waals surface area contributed by atoms with Crippen LogP contribution in [-0.4, -0.2) is 46.4 Å². The second-order valence-corrected chi connectivity index (χ2v) is 5.52. The summed E-state index contributed by atoms with van der Waals surface area (Å²) in [5, 5.41) is 11.2. The van der Waals surface area contributed by atoms with Crippen LogP contribution in [0.3, 0.4) is 0 Å². The highest BCUT2D eigenvalue weighted by Gasteiger charge is 2.27. The number of carboxylic acids is 1. The van der Waals surface area contributed by atoms with Gasteiger partial charge in [0.1, 0.15) is 0 Å². The fraction of sp³-hybridized carbons (Fsp3) is 0.500. The SMILES string of the molecule is CC(C)(C)N(CCC(=O)O)C(=O)CNC(=O)c1ccco1. The fourth-order valence-electron chi connectivity index (χ4n) is 1.79. The molecule has 0 atom stereocenters. The van der Waals surface area contributed by atoms with Crippen molar-refractivity contribution in [1.82, 2.24) is 10.2 Å². The van der Waals surface area contributed by atoms with Crippen LogP contribution in [0.5, 0.6) is 0 Å². The predicted molar refractivity (Wildman–Crippen MR) is 74.8 cm³/mol. The van der Waals surface area contributed by atoms with Gasteiger partial charge in [-0.3, -0.25) is 14.4 Å². The molecule has 0 fully saturated rings. The van der Waals surface area contributed by atoms with Crippen molar-refractivity contribution in [2.45, 2.75) is 32.7 Å². The van der Waals surface area contributed by atoms with E-state index in [0.717, 1.165) is 0 Å². The molecule has 1 aromatic rings. The van der Waals surface area contributed by atoms with E-state index in [2.05, 4.69) is 5.32 Å². The van der Waals surface area contributed by atoms with Crippen LogP contribution in [0.15, 0.2) is 22.8 Å². The summed E-state index contributed by atoms with van der Waals surface area (Å²) >= 11 is 0. The Morgan fingerprint density at radius 2 is 2.00 bits per heavy atom. The summed E-state index contributed by atoms with van der Waals surface area (Å²) in [6, 6.07) is 3.07. The lowest BCUT2D eigenvalue weighted by Crippen LogP contribution is -2.50. The van der Waals surface area contributed by atoms with E-state index in [1.54, 1.807) is 26.8 Å². The van der Waals surface area contributed by atoms with E-state index in [0.29, 0.717) is 0 Å². The minimum absolute atomic E-state index is 0.0916. The third-order valence-electron chi connectivity index (χ3n) is 2.81. The number of amides is 2. The van der Waals surface area contributed by atoms with Crippen molar-refractivity contribution in [3.8, 4) is 0 Å². The third-order valence-corrected chi connectivity index (χ3v) is 2.81. The molecule has 0 spiro atoms. The molecule has 0 aliphatic carbocycles. The largest absolute Gasteiger partial charge is 0.481 e. The van der Waals surface area contributed by atoms with E-state index in [9.17, 15) is 14.4 Å². The van der Waals surface area contributed by atoms with Crippen LogP contribution >= 0.6 is 0 Å². The van der Waals surface area contributed by atoms with Gasteiger partial charge in [0.25, 0.3) is 5.91 Å². The normalized spacial score (nSPS) is 11.0. The summed E-state index contributed by atoms with van der Waals surface area (Å²) in [5.41, 5.74) is -0.526. The van der Waals surface area contributed by atoms with Gasteiger partial charge in [0.05, 0.1) is 19.2 Å². The summed E-state index contributed by atoms with van der Waals surface area (Å²) < 4.78 is 4.92. The number of aliphatic carboxylic acids is 1. The van der Waals surface area contributed by atoms with Crippen molar-refractivity contribution in [2.75, 3.05) is 13.1 Å². The number of carbonyl (C=O) groups excluding carboxylic acids is 2. The molecule has 7 nitrogen and oxygen atoms in total. The molecule has 7 heteroatoms. The standard InChI is InChI=1S/C14H20N2O5/c1-14(2,3)16(7-6-12(18)19)11(17)9-15-13(20)10-5-4-8-21-10/h4-5,8H,6-7,9H2,1-3H3,(H,15,20)(H,18,19). The summed E-state index contributed by atoms with van der Waals surface area (Å²) in [5.74, 6) is -1.68. The topological polar surface area (TPSA) is 99.9 Å². The monoisotopic (exact) mass is 296 g/mol. The Balaban J connectivity index is 2.60. The molecule has 0 unspecified atom stereocenters. The van der Waals surface area contributed by atoms with Gasteiger partial charge < -0.3 is 19.7 Å². The first-order valence-electron chi connectivity index (χ1n) is 6.56. The summed E-state index contributed by atoms with van der Waals surface area (Å²) in [6.45, 7) is 5.30. The summed E-state index contributed by atoms with van der Waals surface area (Å²) in [7, 11) is 0. The number of hydrogen-bond acceptors (Lipinski definition) is 4. The van der Waals surface area contributed by atoms with Crippen LogP contribution in [0.2, 0.25) is 0 Å². The van der Waals surface area contributed by atoms with Gasteiger partial charge in [-0.15, -0.1) is 0 Å². The number of carboxylic acid groups (broad SMARTS) is 1. The van der Waals surface area contributed by atoms with Crippen molar-refractivity contribution in [3.05, 3.63) is 24.2 Å². The second-order valence-electron chi connectivity index (χ2n) is 5.52. The van der Waals surface area contributed by atoms with Crippen molar-refractivity contribution >= 4 is 17.8 Å². The van der Waals surface area contributed by atoms with Crippen LogP contribution in [0.25, 0.3) is 0 Å². The minimum atomic E-state index is -0.975. The van der Waals surface area contributed by atoms with Crippen molar-refractivity contribution in [1.29, 1.82) is 0 Å². The maximum absolute atomic E-state index is 12.2. The van der Waals surface area contributed by atoms with Gasteiger partial charge in [-0.1, -0.05) is 0 Å². The second kappa shape index (κ2) is 6.92. The number of hydrogen-bond donors (Lipinski definition) is 2. The number of rotatable bonds is 6. The van der Waals surface area contributed by atoms with Gasteiger partial charge in [-0.05, 0) is 32.9 Å². The van der Waals surface area contributed by atoms with E-state index in [-0.39, 0.29) is 31.2 Å². The molecule has 0 aromatic carbocycles. The summed E-state index contributed by atoms with van der Waals surface area (Å²) in [4.78, 5) is 35.9. The first kappa shape index (κ1) is 16.7. The van der Waals surface area contributed by atoms with Gasteiger partial charge in [-0.2, -0.15) is 0 Å². The highest BCUT2D eigenvalue weighted by atomic mass is 16.4. The van der Waals surface area contributed by atoms with Crippen LogP contribution < -0.4 is 5.32 Å². The average Bonchev–Trinajstić information content (AvgIpc) is 2.87. The molecule has 0 saturated heterocycles. The summed E-state index contributed by atoms with van der Waals surface area (Å²) in [6.07, 6.45) is 1.22. The number of carbonyl (C=O) groups is 3. The van der Waals surface area contributed by atoms with Gasteiger partial charge in [-0.25, -0.2) is 0 Å². The zero-order valence-electron chi connectivity index (χ0n) is 12.4. The van der Waals surface area contributed by atoms with Crippen molar-refractivity contribution in [2.24, 2.45) is 0 Å². The number of furan rings is 1. The molecular formula is C14H20N2O5.